The van der Waals surface area contributed by atoms with E-state index in [1.807, 2.05) is 12.1 Å². The van der Waals surface area contributed by atoms with Crippen molar-refractivity contribution in [3.05, 3.63) is 70.9 Å². The number of hydrogen-bond acceptors (Lipinski definition) is 5. The van der Waals surface area contributed by atoms with Gasteiger partial charge in [0.15, 0.2) is 0 Å². The third kappa shape index (κ3) is 2.66. The third-order valence-electron chi connectivity index (χ3n) is 7.04. The lowest BCUT2D eigenvalue weighted by molar-refractivity contribution is -0.117. The minimum absolute atomic E-state index is 0.0548. The van der Waals surface area contributed by atoms with Gasteiger partial charge in [-0.3, -0.25) is 4.79 Å². The number of fused-ring (bicyclic) bond motifs is 4. The number of carbonyl (C=O) groups is 1. The zero-order valence-electron chi connectivity index (χ0n) is 17.4. The molecule has 7 rings (SSSR count). The zero-order chi connectivity index (χ0) is 22.3. The van der Waals surface area contributed by atoms with Gasteiger partial charge in [0.2, 0.25) is 5.91 Å². The van der Waals surface area contributed by atoms with Crippen molar-refractivity contribution >= 4 is 45.7 Å². The second-order valence-corrected chi connectivity index (χ2v) is 9.29. The van der Waals surface area contributed by atoms with Crippen LogP contribution in [-0.2, 0) is 16.6 Å². The van der Waals surface area contributed by atoms with E-state index in [4.69, 9.17) is 11.6 Å². The molecule has 2 aliphatic heterocycles. The summed E-state index contributed by atoms with van der Waals surface area (Å²) in [4.78, 5) is 28.0. The second-order valence-electron chi connectivity index (χ2n) is 8.88. The van der Waals surface area contributed by atoms with Crippen molar-refractivity contribution in [2.75, 3.05) is 16.8 Å². The van der Waals surface area contributed by atoms with Crippen LogP contribution in [-0.4, -0.2) is 27.4 Å². The molecule has 0 bridgehead atoms. The van der Waals surface area contributed by atoms with Crippen LogP contribution in [0, 0.1) is 5.82 Å². The van der Waals surface area contributed by atoms with Gasteiger partial charge in [-0.2, -0.15) is 0 Å². The van der Waals surface area contributed by atoms with Gasteiger partial charge in [0.25, 0.3) is 0 Å². The Balaban J connectivity index is 1.35. The highest BCUT2D eigenvalue weighted by Crippen LogP contribution is 2.55. The van der Waals surface area contributed by atoms with Crippen LogP contribution >= 0.6 is 11.6 Å². The van der Waals surface area contributed by atoms with Crippen molar-refractivity contribution in [3.63, 3.8) is 0 Å². The topological polar surface area (TPSA) is 71.0 Å². The first-order valence-corrected chi connectivity index (χ1v) is 11.2. The highest BCUT2D eigenvalue weighted by molar-refractivity contribution is 6.31. The number of anilines is 3. The number of nitrogens with zero attached hydrogens (tertiary/aromatic N) is 4. The van der Waals surface area contributed by atoms with Crippen LogP contribution in [0.15, 0.2) is 48.9 Å². The minimum Gasteiger partial charge on any atom is -0.325 e. The highest BCUT2D eigenvalue weighted by Gasteiger charge is 2.56. The summed E-state index contributed by atoms with van der Waals surface area (Å²) in [5, 5.41) is 3.89. The average Bonchev–Trinajstić information content (AvgIpc) is 3.47. The molecule has 0 unspecified atom stereocenters. The van der Waals surface area contributed by atoms with Crippen molar-refractivity contribution in [2.24, 2.45) is 0 Å². The fourth-order valence-electron chi connectivity index (χ4n) is 5.10. The van der Waals surface area contributed by atoms with Crippen LogP contribution in [0.4, 0.5) is 21.7 Å². The van der Waals surface area contributed by atoms with E-state index in [1.165, 1.54) is 6.07 Å². The van der Waals surface area contributed by atoms with E-state index in [0.29, 0.717) is 18.8 Å². The summed E-state index contributed by atoms with van der Waals surface area (Å²) in [6.45, 7) is 0.683. The standard InChI is InChI=1S/C25H17ClFN5O/c26-18-10-21-14(9-19(18)27)3-6-32(21)23-16-7-13(1-2-20(16)29-12-30-23)15-8-17-22(28-11-15)31-24(33)25(17)4-5-25/h1-2,7-12H,3-6H2,(H,28,31,33). The van der Waals surface area contributed by atoms with Crippen molar-refractivity contribution in [2.45, 2.75) is 24.7 Å². The number of aromatic nitrogens is 3. The van der Waals surface area contributed by atoms with Crippen molar-refractivity contribution in [3.8, 4) is 11.1 Å². The van der Waals surface area contributed by atoms with Gasteiger partial charge < -0.3 is 10.2 Å². The Morgan fingerprint density at radius 2 is 1.94 bits per heavy atom. The first-order valence-electron chi connectivity index (χ1n) is 10.9. The lowest BCUT2D eigenvalue weighted by Gasteiger charge is -2.20. The normalized spacial score (nSPS) is 17.4. The van der Waals surface area contributed by atoms with Crippen molar-refractivity contribution in [1.82, 2.24) is 15.0 Å². The molecule has 6 nitrogen and oxygen atoms in total. The minimum atomic E-state index is -0.405. The van der Waals surface area contributed by atoms with E-state index in [9.17, 15) is 9.18 Å². The maximum atomic E-state index is 14.0. The number of amides is 1. The molecule has 1 saturated carbocycles. The molecule has 1 spiro atoms. The average molecular weight is 458 g/mol. The zero-order valence-corrected chi connectivity index (χ0v) is 18.2. The smallest absolute Gasteiger partial charge is 0.236 e. The molecular weight excluding hydrogens is 441 g/mol. The molecule has 2 aromatic carbocycles. The number of halogens is 2. The van der Waals surface area contributed by atoms with Crippen molar-refractivity contribution in [1.29, 1.82) is 0 Å². The predicted octanol–water partition coefficient (Wildman–Crippen LogP) is 5.16. The molecule has 0 atom stereocenters. The number of nitrogens with one attached hydrogen (secondary N) is 1. The third-order valence-corrected chi connectivity index (χ3v) is 7.33. The largest absolute Gasteiger partial charge is 0.325 e. The Hall–Kier alpha value is -3.58. The fourth-order valence-corrected chi connectivity index (χ4v) is 5.26. The molecule has 0 radical (unpaired) electrons. The Kier molecular flexibility index (Phi) is 3.72. The van der Waals surface area contributed by atoms with Gasteiger partial charge in [0.1, 0.15) is 23.8 Å². The monoisotopic (exact) mass is 457 g/mol. The van der Waals surface area contributed by atoms with Gasteiger partial charge in [0.05, 0.1) is 16.0 Å². The molecule has 0 saturated heterocycles. The molecule has 1 N–H and O–H groups in total. The van der Waals surface area contributed by atoms with Crippen LogP contribution in [0.3, 0.4) is 0 Å². The van der Waals surface area contributed by atoms with E-state index in [1.54, 1.807) is 18.6 Å². The summed E-state index contributed by atoms with van der Waals surface area (Å²) in [5.74, 6) is 1.08. The summed E-state index contributed by atoms with van der Waals surface area (Å²) in [6.07, 6.45) is 5.78. The SMILES string of the molecule is O=C1Nc2ncc(-c3ccc4ncnc(N5CCc6cc(F)c(Cl)cc65)c4c3)cc2C12CC2. The molecule has 3 aliphatic rings. The molecular formula is C25H17ClFN5O. The predicted molar refractivity (Wildman–Crippen MR) is 124 cm³/mol. The molecule has 2 aromatic heterocycles. The fraction of sp³-hybridized carbons (Fsp3) is 0.200. The molecule has 1 aliphatic carbocycles. The molecule has 1 fully saturated rings. The summed E-state index contributed by atoms with van der Waals surface area (Å²) in [7, 11) is 0. The van der Waals surface area contributed by atoms with E-state index >= 15 is 0 Å². The Labute approximate surface area is 193 Å². The lowest BCUT2D eigenvalue weighted by Crippen LogP contribution is -2.18. The van der Waals surface area contributed by atoms with Gasteiger partial charge in [-0.25, -0.2) is 19.3 Å². The first-order chi connectivity index (χ1) is 16.0. The van der Waals surface area contributed by atoms with Crippen LogP contribution in [0.5, 0.6) is 0 Å². The maximum absolute atomic E-state index is 14.0. The van der Waals surface area contributed by atoms with Gasteiger partial charge in [-0.05, 0) is 60.7 Å². The molecule has 4 heterocycles. The number of pyridine rings is 1. The van der Waals surface area contributed by atoms with Crippen LogP contribution in [0.1, 0.15) is 24.0 Å². The summed E-state index contributed by atoms with van der Waals surface area (Å²) in [5.41, 5.74) is 5.11. The van der Waals surface area contributed by atoms with Crippen LogP contribution in [0.25, 0.3) is 22.0 Å². The van der Waals surface area contributed by atoms with Gasteiger partial charge in [-0.15, -0.1) is 0 Å². The summed E-state index contributed by atoms with van der Waals surface area (Å²) >= 11 is 6.08. The molecule has 8 heteroatoms. The van der Waals surface area contributed by atoms with Crippen LogP contribution < -0.4 is 10.2 Å². The number of hydrogen-bond donors (Lipinski definition) is 1. The van der Waals surface area contributed by atoms with Gasteiger partial charge in [-0.1, -0.05) is 17.7 Å². The van der Waals surface area contributed by atoms with E-state index in [-0.39, 0.29) is 10.9 Å². The highest BCUT2D eigenvalue weighted by atomic mass is 35.5. The quantitative estimate of drug-likeness (QED) is 0.450. The first kappa shape index (κ1) is 18.9. The summed E-state index contributed by atoms with van der Waals surface area (Å²) in [6, 6.07) is 11.3. The Bertz CT molecular complexity index is 1520. The molecule has 4 aromatic rings. The second kappa shape index (κ2) is 6.48. The number of benzene rings is 2. The summed E-state index contributed by atoms with van der Waals surface area (Å²) < 4.78 is 14.0. The van der Waals surface area contributed by atoms with Crippen LogP contribution in [0.2, 0.25) is 5.02 Å². The number of carbonyl (C=O) groups excluding carboxylic acids is 1. The number of rotatable bonds is 2. The molecule has 33 heavy (non-hydrogen) atoms. The van der Waals surface area contributed by atoms with E-state index in [0.717, 1.165) is 57.5 Å². The molecule has 1 amide bonds. The lowest BCUT2D eigenvalue weighted by atomic mass is 9.96. The van der Waals surface area contributed by atoms with Gasteiger partial charge in [0, 0.05) is 34.9 Å². The van der Waals surface area contributed by atoms with Gasteiger partial charge >= 0.3 is 0 Å². The maximum Gasteiger partial charge on any atom is 0.236 e. The van der Waals surface area contributed by atoms with E-state index in [2.05, 4.69) is 37.3 Å². The van der Waals surface area contributed by atoms with E-state index < -0.39 is 11.2 Å². The molecule has 162 valence electrons. The van der Waals surface area contributed by atoms with Crippen molar-refractivity contribution < 1.29 is 9.18 Å². The Morgan fingerprint density at radius 3 is 2.79 bits per heavy atom. The Morgan fingerprint density at radius 1 is 1.06 bits per heavy atom.